The Morgan fingerprint density at radius 3 is 2.67 bits per heavy atom. The van der Waals surface area contributed by atoms with Gasteiger partial charge in [0.15, 0.2) is 5.82 Å². The predicted octanol–water partition coefficient (Wildman–Crippen LogP) is 3.89. The van der Waals surface area contributed by atoms with E-state index in [1.165, 1.54) is 12.1 Å². The summed E-state index contributed by atoms with van der Waals surface area (Å²) in [4.78, 5) is 11.4. The largest absolute Gasteiger partial charge is 0.344 e. The topological polar surface area (TPSA) is 22.6 Å². The predicted molar refractivity (Wildman–Crippen MR) is 105 cm³/mol. The zero-order valence-corrected chi connectivity index (χ0v) is 15.9. The molecule has 2 aliphatic heterocycles. The molecule has 1 aromatic carbocycles. The van der Waals surface area contributed by atoms with Crippen molar-refractivity contribution in [1.29, 1.82) is 0 Å². The van der Waals surface area contributed by atoms with Gasteiger partial charge in [0.1, 0.15) is 11.6 Å². The Bertz CT molecular complexity index is 896. The third-order valence-electron chi connectivity index (χ3n) is 5.68. The molecule has 1 saturated heterocycles. The van der Waals surface area contributed by atoms with Gasteiger partial charge in [0, 0.05) is 61.8 Å². The molecule has 1 fully saturated rings. The maximum absolute atomic E-state index is 14.2. The second-order valence-electron chi connectivity index (χ2n) is 7.54. The van der Waals surface area contributed by atoms with E-state index in [-0.39, 0.29) is 6.04 Å². The molecule has 0 saturated carbocycles. The van der Waals surface area contributed by atoms with Crippen molar-refractivity contribution >= 4 is 11.5 Å². The Balaban J connectivity index is 1.73. The Morgan fingerprint density at radius 2 is 1.96 bits per heavy atom. The van der Waals surface area contributed by atoms with E-state index in [1.807, 2.05) is 18.0 Å². The van der Waals surface area contributed by atoms with Gasteiger partial charge >= 0.3 is 0 Å². The molecule has 0 N–H and O–H groups in total. The molecular weight excluding hydrogens is 346 g/mol. The molecule has 2 aromatic rings. The van der Waals surface area contributed by atoms with Crippen molar-refractivity contribution in [2.45, 2.75) is 25.9 Å². The monoisotopic (exact) mass is 370 g/mol. The van der Waals surface area contributed by atoms with Crippen molar-refractivity contribution in [3.63, 3.8) is 0 Å². The number of aromatic nitrogens is 1. The fourth-order valence-electron chi connectivity index (χ4n) is 3.97. The van der Waals surface area contributed by atoms with Crippen LogP contribution in [0.2, 0.25) is 0 Å². The van der Waals surface area contributed by atoms with Crippen LogP contribution in [0.1, 0.15) is 13.8 Å². The molecule has 1 aromatic heterocycles. The van der Waals surface area contributed by atoms with Crippen LogP contribution >= 0.6 is 0 Å². The van der Waals surface area contributed by atoms with Gasteiger partial charge in [-0.2, -0.15) is 0 Å². The van der Waals surface area contributed by atoms with Crippen LogP contribution < -0.4 is 9.80 Å². The Hall–Kier alpha value is -2.47. The molecule has 4 nitrogen and oxygen atoms in total. The summed E-state index contributed by atoms with van der Waals surface area (Å²) < 4.78 is 27.5. The Morgan fingerprint density at radius 1 is 1.19 bits per heavy atom. The van der Waals surface area contributed by atoms with Crippen molar-refractivity contribution in [2.75, 3.05) is 36.5 Å². The summed E-state index contributed by atoms with van der Waals surface area (Å²) >= 11 is 0. The number of fused-ring (bicyclic) bond motifs is 3. The van der Waals surface area contributed by atoms with E-state index in [4.69, 9.17) is 0 Å². The molecule has 0 aliphatic carbocycles. The van der Waals surface area contributed by atoms with Gasteiger partial charge in [-0.1, -0.05) is 6.58 Å². The molecule has 0 radical (unpaired) electrons. The number of benzene rings is 1. The molecular formula is C21H24F2N4. The summed E-state index contributed by atoms with van der Waals surface area (Å²) in [5.41, 5.74) is 2.88. The zero-order valence-electron chi connectivity index (χ0n) is 15.9. The molecule has 3 heterocycles. The molecule has 0 amide bonds. The Labute approximate surface area is 158 Å². The first-order valence-electron chi connectivity index (χ1n) is 9.25. The number of pyridine rings is 1. The molecule has 0 unspecified atom stereocenters. The maximum Gasteiger partial charge on any atom is 0.153 e. The Kier molecular flexibility index (Phi) is 4.38. The highest BCUT2D eigenvalue weighted by molar-refractivity contribution is 5.80. The standard InChI is InChI=1S/C21H24F2N4/c1-13(2)26-7-8-27-20(12-26)14(3)25(4)19-9-15(11-24-21(19)27)17-6-5-16(22)10-18(17)23/h5-6,9-11,13,20H,3,7-8,12H2,1-2,4H3/t20-/m0/s1. The molecule has 1 atom stereocenters. The van der Waals surface area contributed by atoms with Crippen LogP contribution in [-0.2, 0) is 0 Å². The third-order valence-corrected chi connectivity index (χ3v) is 5.68. The highest BCUT2D eigenvalue weighted by Crippen LogP contribution is 2.41. The molecule has 6 heteroatoms. The van der Waals surface area contributed by atoms with E-state index >= 15 is 0 Å². The first-order chi connectivity index (χ1) is 12.9. The fourth-order valence-corrected chi connectivity index (χ4v) is 3.97. The second kappa shape index (κ2) is 6.60. The van der Waals surface area contributed by atoms with Crippen molar-refractivity contribution in [1.82, 2.24) is 9.88 Å². The highest BCUT2D eigenvalue weighted by atomic mass is 19.1. The number of hydrogen-bond acceptors (Lipinski definition) is 4. The molecule has 142 valence electrons. The number of rotatable bonds is 2. The smallest absolute Gasteiger partial charge is 0.153 e. The zero-order chi connectivity index (χ0) is 19.3. The fraction of sp³-hybridized carbons (Fsp3) is 0.381. The molecule has 0 bridgehead atoms. The number of halogens is 2. The molecule has 27 heavy (non-hydrogen) atoms. The summed E-state index contributed by atoms with van der Waals surface area (Å²) in [6.45, 7) is 11.5. The van der Waals surface area contributed by atoms with E-state index in [2.05, 4.69) is 35.2 Å². The van der Waals surface area contributed by atoms with Crippen LogP contribution in [0.3, 0.4) is 0 Å². The van der Waals surface area contributed by atoms with Gasteiger partial charge in [0.25, 0.3) is 0 Å². The average molecular weight is 370 g/mol. The van der Waals surface area contributed by atoms with Gasteiger partial charge in [0.05, 0.1) is 11.7 Å². The SMILES string of the molecule is C=C1[C@@H]2CN(C(C)C)CCN2c2ncc(-c3ccc(F)cc3F)cc2N1C. The van der Waals surface area contributed by atoms with E-state index in [9.17, 15) is 8.78 Å². The lowest BCUT2D eigenvalue weighted by Gasteiger charge is -2.50. The average Bonchev–Trinajstić information content (AvgIpc) is 2.65. The van der Waals surface area contributed by atoms with Crippen LogP contribution in [-0.4, -0.2) is 48.6 Å². The summed E-state index contributed by atoms with van der Waals surface area (Å²) in [6.07, 6.45) is 1.67. The number of piperazine rings is 1. The molecule has 4 rings (SSSR count). The summed E-state index contributed by atoms with van der Waals surface area (Å²) in [6, 6.07) is 6.20. The van der Waals surface area contributed by atoms with Crippen LogP contribution in [0.5, 0.6) is 0 Å². The first kappa shape index (κ1) is 17.9. The van der Waals surface area contributed by atoms with Crippen LogP contribution in [0.15, 0.2) is 42.7 Å². The van der Waals surface area contributed by atoms with E-state index in [1.54, 1.807) is 6.20 Å². The normalized spacial score (nSPS) is 20.1. The van der Waals surface area contributed by atoms with Crippen molar-refractivity contribution < 1.29 is 8.78 Å². The van der Waals surface area contributed by atoms with Crippen molar-refractivity contribution in [3.8, 4) is 11.1 Å². The quantitative estimate of drug-likeness (QED) is 0.800. The van der Waals surface area contributed by atoms with E-state index in [0.717, 1.165) is 42.9 Å². The van der Waals surface area contributed by atoms with Gasteiger partial charge < -0.3 is 9.80 Å². The van der Waals surface area contributed by atoms with Gasteiger partial charge in [-0.25, -0.2) is 13.8 Å². The third kappa shape index (κ3) is 2.98. The second-order valence-corrected chi connectivity index (χ2v) is 7.54. The van der Waals surface area contributed by atoms with Crippen LogP contribution in [0.4, 0.5) is 20.3 Å². The minimum absolute atomic E-state index is 0.180. The van der Waals surface area contributed by atoms with Gasteiger partial charge in [-0.05, 0) is 32.0 Å². The highest BCUT2D eigenvalue weighted by Gasteiger charge is 2.38. The molecule has 0 spiro atoms. The van der Waals surface area contributed by atoms with Crippen molar-refractivity contribution in [2.24, 2.45) is 0 Å². The van der Waals surface area contributed by atoms with Gasteiger partial charge in [-0.15, -0.1) is 0 Å². The molecule has 2 aliphatic rings. The van der Waals surface area contributed by atoms with Crippen LogP contribution in [0, 0.1) is 11.6 Å². The number of hydrogen-bond donors (Lipinski definition) is 0. The minimum Gasteiger partial charge on any atom is -0.344 e. The number of anilines is 2. The summed E-state index contributed by atoms with van der Waals surface area (Å²) in [7, 11) is 1.97. The number of likely N-dealkylation sites (N-methyl/N-ethyl adjacent to an activating group) is 1. The number of nitrogens with zero attached hydrogens (tertiary/aromatic N) is 4. The lowest BCUT2D eigenvalue weighted by molar-refractivity contribution is 0.187. The van der Waals surface area contributed by atoms with Crippen LogP contribution in [0.25, 0.3) is 11.1 Å². The lowest BCUT2D eigenvalue weighted by atomic mass is 10.0. The minimum atomic E-state index is -0.586. The first-order valence-corrected chi connectivity index (χ1v) is 9.25. The maximum atomic E-state index is 14.2. The van der Waals surface area contributed by atoms with Gasteiger partial charge in [0.2, 0.25) is 0 Å². The van der Waals surface area contributed by atoms with Crippen molar-refractivity contribution in [3.05, 3.63) is 54.4 Å². The summed E-state index contributed by atoms with van der Waals surface area (Å²) in [5, 5.41) is 0. The van der Waals surface area contributed by atoms with E-state index in [0.29, 0.717) is 17.2 Å². The van der Waals surface area contributed by atoms with Gasteiger partial charge in [-0.3, -0.25) is 4.90 Å². The van der Waals surface area contributed by atoms with E-state index < -0.39 is 11.6 Å². The summed E-state index contributed by atoms with van der Waals surface area (Å²) in [5.74, 6) is -0.277. The lowest BCUT2D eigenvalue weighted by Crippen LogP contribution is -2.59.